The lowest BCUT2D eigenvalue weighted by atomic mass is 9.95. The van der Waals surface area contributed by atoms with Gasteiger partial charge in [0.2, 0.25) is 5.91 Å². The summed E-state index contributed by atoms with van der Waals surface area (Å²) >= 11 is 31.2. The molecule has 21 heteroatoms. The number of nitrogens with one attached hydrogen (secondary N) is 2. The molecule has 5 aromatic rings. The molecule has 1 amide bonds. The molecule has 0 radical (unpaired) electrons. The lowest BCUT2D eigenvalue weighted by molar-refractivity contribution is -0.457. The number of aliphatic hydroxyl groups is 4. The van der Waals surface area contributed by atoms with Gasteiger partial charge in [0.05, 0.1) is 74.8 Å². The van der Waals surface area contributed by atoms with Crippen LogP contribution in [0.1, 0.15) is 209 Å². The number of carbonyl (C=O) groups excluding carboxylic acids is 1. The van der Waals surface area contributed by atoms with Gasteiger partial charge in [-0.2, -0.15) is 0 Å². The van der Waals surface area contributed by atoms with Crippen LogP contribution in [-0.2, 0) is 4.79 Å². The Balaban J connectivity index is 0.000000149. The second-order valence-corrected chi connectivity index (χ2v) is 32.2. The number of nitrogens with zero attached hydrogens (tertiary/aromatic N) is 4. The van der Waals surface area contributed by atoms with E-state index in [1.165, 1.54) is 70.8 Å². The minimum atomic E-state index is -0.864. The molecule has 8 fully saturated rings. The number of halogens is 5. The topological polar surface area (TPSA) is 200 Å². The number of likely N-dealkylation sites (tertiary alicyclic amines) is 3. The van der Waals surface area contributed by atoms with Crippen LogP contribution in [0.2, 0.25) is 25.1 Å². The molecule has 8 N–H and O–H groups in total. The standard InChI is InChI=1S/C28H35Cl2N3O3.C18H26ClNO2.C17H25ClN2O2.C14H19ClO2.C5H9N/c29-21-5-7-22(8-6-21)33-15-12-20(17-33)28(35)31-25(18-32-13-2-1-3-14-32)27(34)19-4-11-26(24(30)16-19)36-23-9-10-23;1-13(12-20-9-3-2-4-10-20)18(21)14-5-8-17(16(19)11-14)22-15-6-7-15;18-14-10-12(4-7-16(14)22-13-5-6-13)17(21)15(19)11-20-8-2-1-3-9-20;1-3-9(2)14(16)10-4-7-13(12(15)8-10)17-11-5-6-11;1-2-4-6-5-3-1/h4-8,11,16,20,23,25,27,34H,1-3,9-10,12-15,17-18H2,(H,31,35);5,8,11,13,15,18,21H,2-4,6-7,9-10,12H2,1H3;4,7,10,13,15,17,21H,1-3,5-6,8-9,11,19H2;4,7-9,11,14,16H,3,5-6H2,1-2H3;4H,1-3,5H2/p+1/t20-,25?,27-;13-,18?;15-,17?;9-,14?;/m1111./s1. The van der Waals surface area contributed by atoms with Gasteiger partial charge >= 0.3 is 0 Å². The Kier molecular flexibility index (Phi) is 32.3. The minimum absolute atomic E-state index is 0.00712. The second kappa shape index (κ2) is 41.1. The van der Waals surface area contributed by atoms with Crippen molar-refractivity contribution in [1.82, 2.24) is 20.0 Å². The summed E-state index contributed by atoms with van der Waals surface area (Å²) in [6.07, 6.45) is 26.6. The molecule has 0 bridgehead atoms. The van der Waals surface area contributed by atoms with Gasteiger partial charge < -0.3 is 70.0 Å². The average Bonchev–Trinajstić information content (AvgIpc) is 1.75. The SMILES string of the molecule is C1=[NH+]CCCC1.CC[C@@H](C)C(O)c1ccc(OC2CC2)c(Cl)c1.C[C@H](CN1CCCCC1)C(O)c1ccc(OC2CC2)c(Cl)c1.N[C@H](CN1CCCCC1)C(O)c1ccc(OC2CC2)c(Cl)c1.O=C(NC(CN1CCCCC1)[C@H](O)c1ccc(OC2CC2)c(Cl)c1)[C@@H]1CCN(c2ccc(Cl)cc2)C1. The molecule has 5 heterocycles. The van der Waals surface area contributed by atoms with Gasteiger partial charge in [0, 0.05) is 62.3 Å². The van der Waals surface area contributed by atoms with E-state index in [1.807, 2.05) is 91.9 Å². The zero-order valence-corrected chi connectivity index (χ0v) is 64.7. The first kappa shape index (κ1) is 80.9. The number of nitrogens with two attached hydrogens (primary N) is 1. The summed E-state index contributed by atoms with van der Waals surface area (Å²) in [7, 11) is 0. The molecule has 4 saturated heterocycles. The van der Waals surface area contributed by atoms with Gasteiger partial charge in [-0.05, 0) is 249 Å². The number of anilines is 1. The molecule has 14 rings (SSSR count). The van der Waals surface area contributed by atoms with Crippen molar-refractivity contribution in [1.29, 1.82) is 0 Å². The highest BCUT2D eigenvalue weighted by molar-refractivity contribution is 6.33. The van der Waals surface area contributed by atoms with Gasteiger partial charge in [-0.15, -0.1) is 0 Å². The van der Waals surface area contributed by atoms with Crippen LogP contribution < -0.4 is 39.9 Å². The summed E-state index contributed by atoms with van der Waals surface area (Å²) in [6, 6.07) is 29.2. The molecular weight excluding hydrogens is 1400 g/mol. The van der Waals surface area contributed by atoms with Gasteiger partial charge in [0.1, 0.15) is 41.9 Å². The van der Waals surface area contributed by atoms with Crippen molar-refractivity contribution in [3.63, 3.8) is 0 Å². The van der Waals surface area contributed by atoms with Crippen molar-refractivity contribution in [3.05, 3.63) is 144 Å². The summed E-state index contributed by atoms with van der Waals surface area (Å²) < 4.78 is 23.0. The summed E-state index contributed by atoms with van der Waals surface area (Å²) in [5, 5.41) is 48.7. The predicted molar refractivity (Wildman–Crippen MR) is 417 cm³/mol. The van der Waals surface area contributed by atoms with Gasteiger partial charge in [0.25, 0.3) is 0 Å². The van der Waals surface area contributed by atoms with Gasteiger partial charge in [0.15, 0.2) is 0 Å². The molecule has 9 atom stereocenters. The molecule has 0 aromatic heterocycles. The highest BCUT2D eigenvalue weighted by Gasteiger charge is 2.35. The first-order chi connectivity index (χ1) is 49.8. The Hall–Kier alpha value is -4.63. The predicted octanol–water partition coefficient (Wildman–Crippen LogP) is 15.1. The number of hydrogen-bond donors (Lipinski definition) is 7. The van der Waals surface area contributed by atoms with Crippen LogP contribution in [0.15, 0.2) is 97.1 Å². The number of hydrogen-bond acceptors (Lipinski definition) is 14. The highest BCUT2D eigenvalue weighted by Crippen LogP contribution is 2.40. The normalized spacial score (nSPS) is 21.7. The van der Waals surface area contributed by atoms with E-state index in [0.29, 0.717) is 73.6 Å². The van der Waals surface area contributed by atoms with Crippen LogP contribution in [0.5, 0.6) is 23.0 Å². The zero-order chi connectivity index (χ0) is 72.8. The zero-order valence-electron chi connectivity index (χ0n) is 60.9. The third-order valence-electron chi connectivity index (χ3n) is 20.9. The first-order valence-electron chi connectivity index (χ1n) is 38.7. The lowest BCUT2D eigenvalue weighted by Gasteiger charge is -2.33. The van der Waals surface area contributed by atoms with E-state index in [1.54, 1.807) is 12.1 Å². The Morgan fingerprint density at radius 1 is 0.485 bits per heavy atom. The fourth-order valence-electron chi connectivity index (χ4n) is 13.7. The first-order valence-corrected chi connectivity index (χ1v) is 40.6. The van der Waals surface area contributed by atoms with E-state index in [-0.39, 0.29) is 35.8 Å². The summed E-state index contributed by atoms with van der Waals surface area (Å²) in [5.74, 6) is 3.12. The molecule has 9 aliphatic rings. The maximum atomic E-state index is 13.4. The fraction of sp³-hybridized carbons (Fsp3) is 0.610. The van der Waals surface area contributed by atoms with Crippen molar-refractivity contribution in [2.75, 3.05) is 83.4 Å². The van der Waals surface area contributed by atoms with Crippen LogP contribution >= 0.6 is 58.0 Å². The molecule has 5 aromatic carbocycles. The number of amides is 1. The average molecular weight is 1520 g/mol. The Labute approximate surface area is 638 Å². The fourth-order valence-corrected chi connectivity index (χ4v) is 14.7. The monoisotopic (exact) mass is 1520 g/mol. The van der Waals surface area contributed by atoms with Gasteiger partial charge in [-0.1, -0.05) is 129 Å². The highest BCUT2D eigenvalue weighted by atomic mass is 35.5. The largest absolute Gasteiger partial charge is 0.489 e. The molecule has 566 valence electrons. The molecule has 4 saturated carbocycles. The van der Waals surface area contributed by atoms with Crippen molar-refractivity contribution in [2.45, 2.75) is 223 Å². The van der Waals surface area contributed by atoms with Crippen LogP contribution in [0.25, 0.3) is 0 Å². The molecule has 0 spiro atoms. The van der Waals surface area contributed by atoms with Crippen LogP contribution in [-0.4, -0.2) is 162 Å². The van der Waals surface area contributed by atoms with E-state index in [2.05, 4.69) is 50.0 Å². The molecular formula is C82H115Cl5N7O9+. The summed E-state index contributed by atoms with van der Waals surface area (Å²) in [5.41, 5.74) is 10.5. The molecule has 5 aliphatic heterocycles. The van der Waals surface area contributed by atoms with Gasteiger partial charge in [-0.25, -0.2) is 0 Å². The molecule has 4 aliphatic carbocycles. The molecule has 4 unspecified atom stereocenters. The minimum Gasteiger partial charge on any atom is -0.489 e. The van der Waals surface area contributed by atoms with E-state index >= 15 is 0 Å². The smallest absolute Gasteiger partial charge is 0.225 e. The number of rotatable bonds is 26. The van der Waals surface area contributed by atoms with Crippen molar-refractivity contribution in [3.8, 4) is 23.0 Å². The number of piperidine rings is 3. The Morgan fingerprint density at radius 3 is 1.25 bits per heavy atom. The molecule has 103 heavy (non-hydrogen) atoms. The third kappa shape index (κ3) is 26.6. The van der Waals surface area contributed by atoms with Gasteiger partial charge in [-0.3, -0.25) is 9.79 Å². The Morgan fingerprint density at radius 2 is 0.883 bits per heavy atom. The van der Waals surface area contributed by atoms with E-state index in [9.17, 15) is 25.2 Å². The second-order valence-electron chi connectivity index (χ2n) is 30.1. The third-order valence-corrected chi connectivity index (χ3v) is 22.4. The maximum absolute atomic E-state index is 13.4. The van der Waals surface area contributed by atoms with Crippen molar-refractivity contribution in [2.24, 2.45) is 23.5 Å². The number of aliphatic hydroxyl groups excluding tert-OH is 4. The van der Waals surface area contributed by atoms with Crippen LogP contribution in [0.4, 0.5) is 5.69 Å². The number of benzene rings is 5. The van der Waals surface area contributed by atoms with E-state index < -0.39 is 30.5 Å². The van der Waals surface area contributed by atoms with E-state index in [0.717, 1.165) is 170 Å². The molecule has 16 nitrogen and oxygen atoms in total. The number of carbonyl (C=O) groups is 1. The lowest BCUT2D eigenvalue weighted by Crippen LogP contribution is -2.70. The van der Waals surface area contributed by atoms with Crippen LogP contribution in [0.3, 0.4) is 0 Å². The van der Waals surface area contributed by atoms with Crippen molar-refractivity contribution < 1.29 is 49.2 Å². The Bertz CT molecular complexity index is 3320. The van der Waals surface area contributed by atoms with E-state index in [4.69, 9.17) is 82.7 Å². The summed E-state index contributed by atoms with van der Waals surface area (Å²) in [4.78, 5) is 25.9. The summed E-state index contributed by atoms with van der Waals surface area (Å²) in [6.45, 7) is 17.6. The maximum Gasteiger partial charge on any atom is 0.225 e. The van der Waals surface area contributed by atoms with Crippen LogP contribution in [0, 0.1) is 17.8 Å². The number of ether oxygens (including phenoxy) is 4. The quantitative estimate of drug-likeness (QED) is 0.0276. The van der Waals surface area contributed by atoms with Crippen molar-refractivity contribution >= 4 is 75.8 Å².